The predicted molar refractivity (Wildman–Crippen MR) is 127 cm³/mol. The Kier molecular flexibility index (Phi) is 7.87. The Morgan fingerprint density at radius 3 is 2.50 bits per heavy atom. The lowest BCUT2D eigenvalue weighted by Crippen LogP contribution is -2.13. The molecule has 1 heterocycles. The normalized spacial score (nSPS) is 11.0. The SMILES string of the molecule is Cc1cc(C)cc(OCCOc2ccc(/C=C(/C#N)C(=O)Nc3nc(C)cs3)cc2Cl)c1. The summed E-state index contributed by atoms with van der Waals surface area (Å²) in [6, 6.07) is 13.0. The number of hydrogen-bond acceptors (Lipinski definition) is 6. The molecule has 3 rings (SSSR count). The van der Waals surface area contributed by atoms with Crippen molar-refractivity contribution in [1.82, 2.24) is 4.98 Å². The number of aromatic nitrogens is 1. The van der Waals surface area contributed by atoms with E-state index in [2.05, 4.69) is 16.4 Å². The van der Waals surface area contributed by atoms with Crippen molar-refractivity contribution in [2.75, 3.05) is 18.5 Å². The minimum atomic E-state index is -0.526. The van der Waals surface area contributed by atoms with Crippen LogP contribution in [-0.4, -0.2) is 24.1 Å². The highest BCUT2D eigenvalue weighted by Crippen LogP contribution is 2.27. The number of rotatable bonds is 8. The van der Waals surface area contributed by atoms with Gasteiger partial charge in [-0.1, -0.05) is 23.7 Å². The highest BCUT2D eigenvalue weighted by molar-refractivity contribution is 7.13. The van der Waals surface area contributed by atoms with Crippen molar-refractivity contribution in [2.45, 2.75) is 20.8 Å². The fraction of sp³-hybridized carbons (Fsp3) is 0.208. The number of nitrogens with zero attached hydrogens (tertiary/aromatic N) is 2. The zero-order valence-electron chi connectivity index (χ0n) is 17.9. The summed E-state index contributed by atoms with van der Waals surface area (Å²) < 4.78 is 11.4. The number of ether oxygens (including phenoxy) is 2. The molecule has 6 nitrogen and oxygen atoms in total. The Bertz CT molecular complexity index is 1180. The van der Waals surface area contributed by atoms with E-state index in [4.69, 9.17) is 21.1 Å². The van der Waals surface area contributed by atoms with Gasteiger partial charge < -0.3 is 9.47 Å². The maximum Gasteiger partial charge on any atom is 0.268 e. The first-order chi connectivity index (χ1) is 15.3. The standard InChI is InChI=1S/C24H22ClN3O3S/c1-15-8-16(2)10-20(9-15)30-6-7-31-22-5-4-18(12-21(22)25)11-19(13-26)23(29)28-24-27-17(3)14-32-24/h4-5,8-12,14H,6-7H2,1-3H3,(H,27,28,29)/b19-11-. The van der Waals surface area contributed by atoms with Crippen LogP contribution in [0.4, 0.5) is 5.13 Å². The number of halogens is 1. The first-order valence-corrected chi connectivity index (χ1v) is 11.1. The van der Waals surface area contributed by atoms with E-state index in [-0.39, 0.29) is 5.57 Å². The van der Waals surface area contributed by atoms with Gasteiger partial charge in [-0.05, 0) is 67.8 Å². The Hall–Kier alpha value is -3.34. The van der Waals surface area contributed by atoms with Gasteiger partial charge in [-0.3, -0.25) is 10.1 Å². The van der Waals surface area contributed by atoms with Crippen LogP contribution in [0.1, 0.15) is 22.4 Å². The van der Waals surface area contributed by atoms with E-state index >= 15 is 0 Å². The molecule has 0 fully saturated rings. The number of carbonyl (C=O) groups excluding carboxylic acids is 1. The first-order valence-electron chi connectivity index (χ1n) is 9.83. The summed E-state index contributed by atoms with van der Waals surface area (Å²) >= 11 is 7.62. The third kappa shape index (κ3) is 6.58. The molecule has 1 aromatic heterocycles. The highest BCUT2D eigenvalue weighted by Gasteiger charge is 2.12. The number of benzene rings is 2. The molecule has 3 aromatic rings. The second-order valence-electron chi connectivity index (χ2n) is 7.13. The topological polar surface area (TPSA) is 84.2 Å². The van der Waals surface area contributed by atoms with Crippen molar-refractivity contribution in [3.05, 3.63) is 74.8 Å². The monoisotopic (exact) mass is 467 g/mol. The van der Waals surface area contributed by atoms with Gasteiger partial charge in [-0.25, -0.2) is 4.98 Å². The van der Waals surface area contributed by atoms with Crippen LogP contribution in [0.2, 0.25) is 5.02 Å². The zero-order valence-corrected chi connectivity index (χ0v) is 19.5. The van der Waals surface area contributed by atoms with Crippen LogP contribution in [0.25, 0.3) is 6.08 Å². The Morgan fingerprint density at radius 1 is 1.16 bits per heavy atom. The fourth-order valence-electron chi connectivity index (χ4n) is 2.94. The lowest BCUT2D eigenvalue weighted by Gasteiger charge is -2.11. The fourth-order valence-corrected chi connectivity index (χ4v) is 3.87. The molecule has 0 bridgehead atoms. The number of anilines is 1. The van der Waals surface area contributed by atoms with Crippen LogP contribution >= 0.6 is 22.9 Å². The third-order valence-corrected chi connectivity index (χ3v) is 5.45. The maximum absolute atomic E-state index is 12.3. The molecule has 0 aliphatic rings. The van der Waals surface area contributed by atoms with Gasteiger partial charge in [-0.15, -0.1) is 11.3 Å². The van der Waals surface area contributed by atoms with Crippen molar-refractivity contribution in [3.63, 3.8) is 0 Å². The third-order valence-electron chi connectivity index (χ3n) is 4.28. The van der Waals surface area contributed by atoms with E-state index in [1.54, 1.807) is 18.2 Å². The van der Waals surface area contributed by atoms with Gasteiger partial charge in [-0.2, -0.15) is 5.26 Å². The molecule has 0 aliphatic heterocycles. The smallest absolute Gasteiger partial charge is 0.268 e. The Morgan fingerprint density at radius 2 is 1.88 bits per heavy atom. The highest BCUT2D eigenvalue weighted by atomic mass is 35.5. The molecular formula is C24H22ClN3O3S. The first kappa shape index (κ1) is 23.3. The van der Waals surface area contributed by atoms with Crippen LogP contribution in [0.5, 0.6) is 11.5 Å². The Labute approximate surface area is 196 Å². The molecule has 8 heteroatoms. The molecule has 1 amide bonds. The van der Waals surface area contributed by atoms with Gasteiger partial charge in [0, 0.05) is 5.38 Å². The summed E-state index contributed by atoms with van der Waals surface area (Å²) in [4.78, 5) is 16.5. The van der Waals surface area contributed by atoms with E-state index in [1.165, 1.54) is 17.4 Å². The molecule has 32 heavy (non-hydrogen) atoms. The van der Waals surface area contributed by atoms with E-state index in [0.717, 1.165) is 22.6 Å². The average Bonchev–Trinajstić information content (AvgIpc) is 3.14. The molecule has 0 aliphatic carbocycles. The van der Waals surface area contributed by atoms with Crippen LogP contribution < -0.4 is 14.8 Å². The molecule has 0 saturated heterocycles. The maximum atomic E-state index is 12.3. The Balaban J connectivity index is 1.58. The van der Waals surface area contributed by atoms with Crippen molar-refractivity contribution >= 4 is 40.1 Å². The number of nitrogens with one attached hydrogen (secondary N) is 1. The number of aryl methyl sites for hydroxylation is 3. The summed E-state index contributed by atoms with van der Waals surface area (Å²) in [6.07, 6.45) is 1.47. The minimum absolute atomic E-state index is 0.0514. The largest absolute Gasteiger partial charge is 0.490 e. The van der Waals surface area contributed by atoms with E-state index in [9.17, 15) is 10.1 Å². The lowest BCUT2D eigenvalue weighted by molar-refractivity contribution is -0.112. The molecule has 0 radical (unpaired) electrons. The van der Waals surface area contributed by atoms with Gasteiger partial charge in [0.1, 0.15) is 36.4 Å². The van der Waals surface area contributed by atoms with Crippen LogP contribution in [0.15, 0.2) is 47.4 Å². The number of hydrogen-bond donors (Lipinski definition) is 1. The van der Waals surface area contributed by atoms with Gasteiger partial charge in [0.15, 0.2) is 5.13 Å². The quantitative estimate of drug-likeness (QED) is 0.260. The second kappa shape index (κ2) is 10.8. The summed E-state index contributed by atoms with van der Waals surface area (Å²) in [7, 11) is 0. The zero-order chi connectivity index (χ0) is 23.1. The van der Waals surface area contributed by atoms with Crippen molar-refractivity contribution in [1.29, 1.82) is 5.26 Å². The van der Waals surface area contributed by atoms with Crippen LogP contribution in [0.3, 0.4) is 0 Å². The van der Waals surface area contributed by atoms with Crippen LogP contribution in [-0.2, 0) is 4.79 Å². The van der Waals surface area contributed by atoms with Crippen molar-refractivity contribution in [3.8, 4) is 17.6 Å². The summed E-state index contributed by atoms with van der Waals surface area (Å²) in [5.74, 6) is 0.767. The van der Waals surface area contributed by atoms with Crippen LogP contribution in [0, 0.1) is 32.1 Å². The van der Waals surface area contributed by atoms with E-state index in [0.29, 0.717) is 34.7 Å². The summed E-state index contributed by atoms with van der Waals surface area (Å²) in [5.41, 5.74) is 3.63. The molecule has 164 valence electrons. The molecule has 0 unspecified atom stereocenters. The summed E-state index contributed by atoms with van der Waals surface area (Å²) in [5, 5.41) is 14.6. The number of nitriles is 1. The predicted octanol–water partition coefficient (Wildman–Crippen LogP) is 5.73. The summed E-state index contributed by atoms with van der Waals surface area (Å²) in [6.45, 7) is 6.56. The van der Waals surface area contributed by atoms with Gasteiger partial charge in [0.2, 0.25) is 0 Å². The average molecular weight is 468 g/mol. The molecular weight excluding hydrogens is 446 g/mol. The molecule has 0 atom stereocenters. The van der Waals surface area contributed by atoms with E-state index < -0.39 is 5.91 Å². The van der Waals surface area contributed by atoms with Crippen molar-refractivity contribution in [2.24, 2.45) is 0 Å². The van der Waals surface area contributed by atoms with E-state index in [1.807, 2.05) is 44.4 Å². The molecule has 1 N–H and O–H groups in total. The van der Waals surface area contributed by atoms with Gasteiger partial charge >= 0.3 is 0 Å². The van der Waals surface area contributed by atoms with Crippen molar-refractivity contribution < 1.29 is 14.3 Å². The molecule has 2 aromatic carbocycles. The van der Waals surface area contributed by atoms with Gasteiger partial charge in [0.25, 0.3) is 5.91 Å². The minimum Gasteiger partial charge on any atom is -0.490 e. The number of carbonyl (C=O) groups is 1. The second-order valence-corrected chi connectivity index (χ2v) is 8.39. The van der Waals surface area contributed by atoms with Gasteiger partial charge in [0.05, 0.1) is 10.7 Å². The lowest BCUT2D eigenvalue weighted by atomic mass is 10.1. The molecule has 0 saturated carbocycles. The molecule has 0 spiro atoms. The number of amides is 1. The number of thiazole rings is 1.